The van der Waals surface area contributed by atoms with E-state index in [1.165, 1.54) is 10.6 Å². The Morgan fingerprint density at radius 2 is 1.92 bits per heavy atom. The number of hydrogen-bond acceptors (Lipinski definition) is 7. The van der Waals surface area contributed by atoms with Crippen molar-refractivity contribution in [3.8, 4) is 11.4 Å². The molecule has 0 aromatic carbocycles. The van der Waals surface area contributed by atoms with Crippen molar-refractivity contribution in [1.82, 2.24) is 19.4 Å². The van der Waals surface area contributed by atoms with Crippen molar-refractivity contribution in [1.29, 1.82) is 0 Å². The highest BCUT2D eigenvalue weighted by Gasteiger charge is 2.30. The van der Waals surface area contributed by atoms with E-state index in [0.29, 0.717) is 43.8 Å². The zero-order chi connectivity index (χ0) is 16.7. The van der Waals surface area contributed by atoms with E-state index in [4.69, 9.17) is 4.52 Å². The Kier molecular flexibility index (Phi) is 3.76. The van der Waals surface area contributed by atoms with Gasteiger partial charge in [-0.15, -0.1) is 0 Å². The largest absolute Gasteiger partial charge is 0.354 e. The Hall–Kier alpha value is -2.00. The summed E-state index contributed by atoms with van der Waals surface area (Å²) in [6, 6.07) is 3.84. The van der Waals surface area contributed by atoms with Crippen molar-refractivity contribution in [3.63, 3.8) is 0 Å². The predicted octanol–water partition coefficient (Wildman–Crippen LogP) is 1.09. The van der Waals surface area contributed by atoms with Gasteiger partial charge in [0.2, 0.25) is 21.7 Å². The second kappa shape index (κ2) is 5.82. The molecule has 2 aromatic heterocycles. The van der Waals surface area contributed by atoms with Crippen LogP contribution in [0.15, 0.2) is 22.9 Å². The Morgan fingerprint density at radius 3 is 2.50 bits per heavy atom. The number of rotatable bonds is 4. The van der Waals surface area contributed by atoms with Crippen LogP contribution in [0.3, 0.4) is 0 Å². The number of anilines is 1. The normalized spacial score (nSPS) is 19.6. The SMILES string of the molecule is CS(=O)(=O)N1CCN(c2ccc(-c3noc(C4CC4)n3)cn2)CC1. The van der Waals surface area contributed by atoms with Crippen LogP contribution in [0.1, 0.15) is 24.7 Å². The first-order valence-electron chi connectivity index (χ1n) is 8.01. The molecule has 1 saturated carbocycles. The van der Waals surface area contributed by atoms with E-state index in [1.54, 1.807) is 6.20 Å². The lowest BCUT2D eigenvalue weighted by Gasteiger charge is -2.33. The van der Waals surface area contributed by atoms with E-state index in [1.807, 2.05) is 12.1 Å². The predicted molar refractivity (Wildman–Crippen MR) is 88.1 cm³/mol. The highest BCUT2D eigenvalue weighted by atomic mass is 32.2. The van der Waals surface area contributed by atoms with E-state index in [-0.39, 0.29) is 0 Å². The number of sulfonamides is 1. The van der Waals surface area contributed by atoms with Crippen molar-refractivity contribution < 1.29 is 12.9 Å². The fraction of sp³-hybridized carbons (Fsp3) is 0.533. The maximum absolute atomic E-state index is 11.6. The Balaban J connectivity index is 1.44. The lowest BCUT2D eigenvalue weighted by molar-refractivity contribution is 0.380. The third-order valence-corrected chi connectivity index (χ3v) is 5.71. The fourth-order valence-electron chi connectivity index (χ4n) is 2.80. The van der Waals surface area contributed by atoms with Crippen LogP contribution in [-0.4, -0.2) is 60.3 Å². The lowest BCUT2D eigenvalue weighted by atomic mass is 10.2. The number of piperazine rings is 1. The summed E-state index contributed by atoms with van der Waals surface area (Å²) in [5.74, 6) is 2.55. The lowest BCUT2D eigenvalue weighted by Crippen LogP contribution is -2.48. The number of aromatic nitrogens is 3. The van der Waals surface area contributed by atoms with Crippen molar-refractivity contribution in [2.45, 2.75) is 18.8 Å². The molecular weight excluding hydrogens is 330 g/mol. The van der Waals surface area contributed by atoms with Gasteiger partial charge in [-0.1, -0.05) is 5.16 Å². The minimum Gasteiger partial charge on any atom is -0.354 e. The molecule has 0 amide bonds. The molecule has 0 N–H and O–H groups in total. The van der Waals surface area contributed by atoms with Crippen LogP contribution in [0.5, 0.6) is 0 Å². The first kappa shape index (κ1) is 15.5. The van der Waals surface area contributed by atoms with Gasteiger partial charge in [0.15, 0.2) is 0 Å². The summed E-state index contributed by atoms with van der Waals surface area (Å²) >= 11 is 0. The minimum atomic E-state index is -3.11. The first-order chi connectivity index (χ1) is 11.5. The second-order valence-corrected chi connectivity index (χ2v) is 8.27. The van der Waals surface area contributed by atoms with Crippen LogP contribution >= 0.6 is 0 Å². The summed E-state index contributed by atoms with van der Waals surface area (Å²) in [6.45, 7) is 2.23. The average molecular weight is 349 g/mol. The summed E-state index contributed by atoms with van der Waals surface area (Å²) in [5, 5.41) is 4.01. The minimum absolute atomic E-state index is 0.435. The smallest absolute Gasteiger partial charge is 0.230 e. The average Bonchev–Trinajstić information content (AvgIpc) is 3.32. The Labute approximate surface area is 140 Å². The topological polar surface area (TPSA) is 92.4 Å². The number of pyridine rings is 1. The van der Waals surface area contributed by atoms with Gasteiger partial charge in [-0.3, -0.25) is 0 Å². The molecule has 8 nitrogen and oxygen atoms in total. The van der Waals surface area contributed by atoms with Crippen molar-refractivity contribution in [2.24, 2.45) is 0 Å². The summed E-state index contributed by atoms with van der Waals surface area (Å²) < 4.78 is 29.9. The third-order valence-electron chi connectivity index (χ3n) is 4.41. The molecule has 9 heteroatoms. The fourth-order valence-corrected chi connectivity index (χ4v) is 3.63. The molecule has 2 fully saturated rings. The summed E-state index contributed by atoms with van der Waals surface area (Å²) in [4.78, 5) is 11.0. The van der Waals surface area contributed by atoms with Crippen LogP contribution in [0.25, 0.3) is 11.4 Å². The highest BCUT2D eigenvalue weighted by Crippen LogP contribution is 2.39. The molecule has 0 spiro atoms. The van der Waals surface area contributed by atoms with Crippen molar-refractivity contribution in [3.05, 3.63) is 24.2 Å². The molecule has 1 aliphatic carbocycles. The molecule has 0 bridgehead atoms. The summed E-state index contributed by atoms with van der Waals surface area (Å²) in [7, 11) is -3.11. The molecule has 0 atom stereocenters. The molecule has 24 heavy (non-hydrogen) atoms. The van der Waals surface area contributed by atoms with Crippen LogP contribution in [-0.2, 0) is 10.0 Å². The Bertz CT molecular complexity index is 821. The molecule has 0 radical (unpaired) electrons. The molecule has 1 saturated heterocycles. The van der Waals surface area contributed by atoms with Gasteiger partial charge in [-0.05, 0) is 25.0 Å². The van der Waals surface area contributed by atoms with Crippen LogP contribution in [0.4, 0.5) is 5.82 Å². The summed E-state index contributed by atoms with van der Waals surface area (Å²) in [5.41, 5.74) is 0.823. The highest BCUT2D eigenvalue weighted by molar-refractivity contribution is 7.88. The van der Waals surface area contributed by atoms with Gasteiger partial charge in [0.05, 0.1) is 6.26 Å². The second-order valence-electron chi connectivity index (χ2n) is 6.28. The van der Waals surface area contributed by atoms with Gasteiger partial charge >= 0.3 is 0 Å². The molecular formula is C15H19N5O3S. The molecule has 2 aromatic rings. The van der Waals surface area contributed by atoms with Crippen LogP contribution in [0, 0.1) is 0 Å². The zero-order valence-electron chi connectivity index (χ0n) is 13.4. The van der Waals surface area contributed by atoms with Gasteiger partial charge in [-0.2, -0.15) is 9.29 Å². The van der Waals surface area contributed by atoms with Gasteiger partial charge in [0, 0.05) is 43.9 Å². The van der Waals surface area contributed by atoms with Gasteiger partial charge in [-0.25, -0.2) is 13.4 Å². The number of nitrogens with zero attached hydrogens (tertiary/aromatic N) is 5. The summed E-state index contributed by atoms with van der Waals surface area (Å²) in [6.07, 6.45) is 5.23. The van der Waals surface area contributed by atoms with Crippen LogP contribution < -0.4 is 4.90 Å². The van der Waals surface area contributed by atoms with Crippen molar-refractivity contribution in [2.75, 3.05) is 37.3 Å². The van der Waals surface area contributed by atoms with Crippen molar-refractivity contribution >= 4 is 15.8 Å². The van der Waals surface area contributed by atoms with Gasteiger partial charge in [0.1, 0.15) is 5.82 Å². The number of hydrogen-bond donors (Lipinski definition) is 0. The van der Waals surface area contributed by atoms with E-state index in [0.717, 1.165) is 24.2 Å². The van der Waals surface area contributed by atoms with Gasteiger partial charge < -0.3 is 9.42 Å². The first-order valence-corrected chi connectivity index (χ1v) is 9.85. The third kappa shape index (κ3) is 3.13. The molecule has 3 heterocycles. The Morgan fingerprint density at radius 1 is 1.17 bits per heavy atom. The molecule has 2 aliphatic rings. The van der Waals surface area contributed by atoms with Crippen LogP contribution in [0.2, 0.25) is 0 Å². The molecule has 1 aliphatic heterocycles. The quantitative estimate of drug-likeness (QED) is 0.816. The molecule has 4 rings (SSSR count). The standard InChI is InChI=1S/C15H19N5O3S/c1-24(21,22)20-8-6-19(7-9-20)13-5-4-12(10-16-13)14-17-15(23-18-14)11-2-3-11/h4-5,10-11H,2-3,6-9H2,1H3. The monoisotopic (exact) mass is 349 g/mol. The molecule has 0 unspecified atom stereocenters. The molecule has 128 valence electrons. The van der Waals surface area contributed by atoms with E-state index in [2.05, 4.69) is 20.0 Å². The zero-order valence-corrected chi connectivity index (χ0v) is 14.2. The maximum Gasteiger partial charge on any atom is 0.230 e. The maximum atomic E-state index is 11.6. The van der Waals surface area contributed by atoms with E-state index < -0.39 is 10.0 Å². The van der Waals surface area contributed by atoms with E-state index >= 15 is 0 Å². The van der Waals surface area contributed by atoms with E-state index in [9.17, 15) is 8.42 Å². The van der Waals surface area contributed by atoms with Gasteiger partial charge in [0.25, 0.3) is 0 Å².